The molecule has 0 fully saturated rings. The molecule has 0 saturated carbocycles. The Bertz CT molecular complexity index is 210. The van der Waals surface area contributed by atoms with Gasteiger partial charge in [-0.05, 0) is 18.3 Å². The number of nitrogens with zero attached hydrogens (tertiary/aromatic N) is 1. The van der Waals surface area contributed by atoms with Gasteiger partial charge in [0.25, 0.3) is 0 Å². The standard InChI is InChI=1S/C11H20N2O/c1-11(2,3)9-10(14)13-8-6-4-5-7-12/h4-6,8-9H2,1-3H3,(H,13,14). The smallest absolute Gasteiger partial charge is 0.220 e. The third-order valence-corrected chi connectivity index (χ3v) is 1.73. The van der Waals surface area contributed by atoms with E-state index in [9.17, 15) is 4.79 Å². The number of carbonyl (C=O) groups excluding carboxylic acids is 1. The van der Waals surface area contributed by atoms with Gasteiger partial charge in [-0.2, -0.15) is 5.26 Å². The highest BCUT2D eigenvalue weighted by Gasteiger charge is 2.14. The van der Waals surface area contributed by atoms with Crippen LogP contribution in [-0.2, 0) is 4.79 Å². The van der Waals surface area contributed by atoms with Gasteiger partial charge in [0.05, 0.1) is 6.07 Å². The number of unbranched alkanes of at least 4 members (excludes halogenated alkanes) is 2. The molecule has 0 aromatic carbocycles. The molecule has 0 heterocycles. The summed E-state index contributed by atoms with van der Waals surface area (Å²) >= 11 is 0. The van der Waals surface area contributed by atoms with Gasteiger partial charge in [0, 0.05) is 19.4 Å². The van der Waals surface area contributed by atoms with Gasteiger partial charge in [0.2, 0.25) is 5.91 Å². The topological polar surface area (TPSA) is 52.9 Å². The van der Waals surface area contributed by atoms with E-state index in [1.54, 1.807) is 0 Å². The Labute approximate surface area is 86.5 Å². The zero-order chi connectivity index (χ0) is 11.0. The molecule has 80 valence electrons. The summed E-state index contributed by atoms with van der Waals surface area (Å²) in [6.07, 6.45) is 2.90. The Kier molecular flexibility index (Phi) is 5.94. The van der Waals surface area contributed by atoms with Crippen LogP contribution in [-0.4, -0.2) is 12.5 Å². The van der Waals surface area contributed by atoms with Gasteiger partial charge in [-0.25, -0.2) is 0 Å². The molecule has 0 aliphatic rings. The zero-order valence-corrected chi connectivity index (χ0v) is 9.39. The quantitative estimate of drug-likeness (QED) is 0.685. The number of nitrogens with one attached hydrogen (secondary N) is 1. The number of hydrogen-bond donors (Lipinski definition) is 1. The van der Waals surface area contributed by atoms with E-state index >= 15 is 0 Å². The van der Waals surface area contributed by atoms with Crippen molar-refractivity contribution < 1.29 is 4.79 Å². The van der Waals surface area contributed by atoms with Crippen LogP contribution in [0.2, 0.25) is 0 Å². The maximum atomic E-state index is 11.3. The molecule has 0 bridgehead atoms. The van der Waals surface area contributed by atoms with Crippen LogP contribution < -0.4 is 5.32 Å². The van der Waals surface area contributed by atoms with E-state index in [1.165, 1.54) is 0 Å². The molecular weight excluding hydrogens is 176 g/mol. The molecule has 0 unspecified atom stereocenters. The van der Waals surface area contributed by atoms with Gasteiger partial charge in [-0.15, -0.1) is 0 Å². The third kappa shape index (κ3) is 9.05. The second-order valence-corrected chi connectivity index (χ2v) is 4.70. The third-order valence-electron chi connectivity index (χ3n) is 1.73. The predicted molar refractivity (Wildman–Crippen MR) is 56.5 cm³/mol. The molecule has 0 aliphatic carbocycles. The van der Waals surface area contributed by atoms with E-state index < -0.39 is 0 Å². The van der Waals surface area contributed by atoms with Crippen LogP contribution in [0.1, 0.15) is 46.5 Å². The predicted octanol–water partition coefficient (Wildman–Crippen LogP) is 2.23. The molecule has 14 heavy (non-hydrogen) atoms. The summed E-state index contributed by atoms with van der Waals surface area (Å²) < 4.78 is 0. The van der Waals surface area contributed by atoms with Crippen LogP contribution in [0.25, 0.3) is 0 Å². The van der Waals surface area contributed by atoms with E-state index in [-0.39, 0.29) is 11.3 Å². The molecule has 1 N–H and O–H groups in total. The van der Waals surface area contributed by atoms with Gasteiger partial charge in [0.1, 0.15) is 0 Å². The molecule has 0 radical (unpaired) electrons. The van der Waals surface area contributed by atoms with Crippen molar-refractivity contribution in [2.75, 3.05) is 6.54 Å². The highest BCUT2D eigenvalue weighted by molar-refractivity contribution is 5.76. The van der Waals surface area contributed by atoms with Crippen molar-refractivity contribution in [1.82, 2.24) is 5.32 Å². The number of carbonyl (C=O) groups is 1. The summed E-state index contributed by atoms with van der Waals surface area (Å²) in [5.41, 5.74) is 0.0523. The van der Waals surface area contributed by atoms with Crippen LogP contribution in [0, 0.1) is 16.7 Å². The fraction of sp³-hybridized carbons (Fsp3) is 0.818. The van der Waals surface area contributed by atoms with Crippen molar-refractivity contribution in [2.24, 2.45) is 5.41 Å². The zero-order valence-electron chi connectivity index (χ0n) is 9.39. The second kappa shape index (κ2) is 6.42. The Morgan fingerprint density at radius 1 is 1.36 bits per heavy atom. The Hall–Kier alpha value is -1.04. The van der Waals surface area contributed by atoms with Crippen molar-refractivity contribution in [3.05, 3.63) is 0 Å². The Balaban J connectivity index is 3.42. The lowest BCUT2D eigenvalue weighted by Crippen LogP contribution is -2.28. The summed E-state index contributed by atoms with van der Waals surface area (Å²) in [6.45, 7) is 6.82. The molecule has 0 rings (SSSR count). The first-order valence-corrected chi connectivity index (χ1v) is 5.09. The maximum Gasteiger partial charge on any atom is 0.220 e. The van der Waals surface area contributed by atoms with Crippen molar-refractivity contribution in [2.45, 2.75) is 46.5 Å². The minimum Gasteiger partial charge on any atom is -0.356 e. The van der Waals surface area contributed by atoms with Gasteiger partial charge in [-0.1, -0.05) is 20.8 Å². The maximum absolute atomic E-state index is 11.3. The molecule has 1 amide bonds. The first-order valence-electron chi connectivity index (χ1n) is 5.09. The first-order chi connectivity index (χ1) is 6.45. The van der Waals surface area contributed by atoms with E-state index in [1.807, 2.05) is 20.8 Å². The summed E-state index contributed by atoms with van der Waals surface area (Å²) in [6, 6.07) is 2.08. The van der Waals surface area contributed by atoms with Gasteiger partial charge in [-0.3, -0.25) is 4.79 Å². The number of hydrogen-bond acceptors (Lipinski definition) is 2. The summed E-state index contributed by atoms with van der Waals surface area (Å²) in [7, 11) is 0. The van der Waals surface area contributed by atoms with Gasteiger partial charge >= 0.3 is 0 Å². The average molecular weight is 196 g/mol. The average Bonchev–Trinajstić information content (AvgIpc) is 2.00. The Morgan fingerprint density at radius 2 is 2.00 bits per heavy atom. The minimum absolute atomic E-state index is 0.0523. The SMILES string of the molecule is CC(C)(C)CC(=O)NCCCCC#N. The summed E-state index contributed by atoms with van der Waals surface area (Å²) in [5, 5.41) is 11.1. The minimum atomic E-state index is 0.0523. The van der Waals surface area contributed by atoms with Crippen LogP contribution in [0.4, 0.5) is 0 Å². The molecular formula is C11H20N2O. The van der Waals surface area contributed by atoms with Crippen molar-refractivity contribution in [3.63, 3.8) is 0 Å². The van der Waals surface area contributed by atoms with Crippen LogP contribution >= 0.6 is 0 Å². The molecule has 0 aromatic heterocycles. The molecule has 0 saturated heterocycles. The summed E-state index contributed by atoms with van der Waals surface area (Å²) in [4.78, 5) is 11.3. The van der Waals surface area contributed by atoms with Crippen LogP contribution in [0.15, 0.2) is 0 Å². The van der Waals surface area contributed by atoms with Crippen molar-refractivity contribution in [1.29, 1.82) is 5.26 Å². The monoisotopic (exact) mass is 196 g/mol. The van der Waals surface area contributed by atoms with Crippen LogP contribution in [0.3, 0.4) is 0 Å². The first kappa shape index (κ1) is 13.0. The molecule has 0 spiro atoms. The fourth-order valence-corrected chi connectivity index (χ4v) is 1.10. The lowest BCUT2D eigenvalue weighted by atomic mass is 9.92. The number of nitriles is 1. The Morgan fingerprint density at radius 3 is 2.50 bits per heavy atom. The van der Waals surface area contributed by atoms with Crippen molar-refractivity contribution in [3.8, 4) is 6.07 Å². The molecule has 0 aliphatic heterocycles. The molecule has 3 nitrogen and oxygen atoms in total. The van der Waals surface area contributed by atoms with E-state index in [0.29, 0.717) is 19.4 Å². The lowest BCUT2D eigenvalue weighted by molar-refractivity contribution is -0.122. The normalized spacial score (nSPS) is 10.7. The lowest BCUT2D eigenvalue weighted by Gasteiger charge is -2.17. The number of amides is 1. The highest BCUT2D eigenvalue weighted by atomic mass is 16.1. The van der Waals surface area contributed by atoms with E-state index in [0.717, 1.165) is 12.8 Å². The largest absolute Gasteiger partial charge is 0.356 e. The summed E-state index contributed by atoms with van der Waals surface area (Å²) in [5.74, 6) is 0.106. The van der Waals surface area contributed by atoms with Crippen molar-refractivity contribution >= 4 is 5.91 Å². The van der Waals surface area contributed by atoms with Gasteiger partial charge < -0.3 is 5.32 Å². The van der Waals surface area contributed by atoms with E-state index in [4.69, 9.17) is 5.26 Å². The molecule has 0 aromatic rings. The van der Waals surface area contributed by atoms with Crippen LogP contribution in [0.5, 0.6) is 0 Å². The highest BCUT2D eigenvalue weighted by Crippen LogP contribution is 2.17. The van der Waals surface area contributed by atoms with E-state index in [2.05, 4.69) is 11.4 Å². The number of rotatable bonds is 5. The molecule has 3 heteroatoms. The fourth-order valence-electron chi connectivity index (χ4n) is 1.10. The molecule has 0 atom stereocenters. The second-order valence-electron chi connectivity index (χ2n) is 4.70. The van der Waals surface area contributed by atoms with Gasteiger partial charge in [0.15, 0.2) is 0 Å².